The minimum Gasteiger partial charge on any atom is -0.492 e. The maximum Gasteiger partial charge on any atom is 0.410 e. The van der Waals surface area contributed by atoms with Crippen molar-refractivity contribution >= 4 is 12.1 Å². The summed E-state index contributed by atoms with van der Waals surface area (Å²) in [5.41, 5.74) is 0.430. The summed E-state index contributed by atoms with van der Waals surface area (Å²) in [5.74, 6) is 1.38. The molecule has 0 spiro atoms. The Kier molecular flexibility index (Phi) is 8.59. The third kappa shape index (κ3) is 7.08. The average Bonchev–Trinajstić information content (AvgIpc) is 3.19. The van der Waals surface area contributed by atoms with E-state index < -0.39 is 11.7 Å². The highest BCUT2D eigenvalue weighted by Crippen LogP contribution is 2.46. The van der Waals surface area contributed by atoms with Crippen LogP contribution >= 0.6 is 0 Å². The Morgan fingerprint density at radius 1 is 1.09 bits per heavy atom. The second-order valence-corrected chi connectivity index (χ2v) is 9.54. The number of carbonyl (C=O) groups excluding carboxylic acids is 2. The molecule has 1 aromatic carbocycles. The van der Waals surface area contributed by atoms with E-state index in [0.29, 0.717) is 50.4 Å². The molecule has 33 heavy (non-hydrogen) atoms. The minimum atomic E-state index is -0.614. The van der Waals surface area contributed by atoms with Gasteiger partial charge in [-0.05, 0) is 64.2 Å². The van der Waals surface area contributed by atoms with Crippen molar-refractivity contribution in [1.29, 1.82) is 0 Å². The number of carbonyl (C=O) groups is 2. The highest BCUT2D eigenvalue weighted by molar-refractivity contribution is 5.75. The van der Waals surface area contributed by atoms with Crippen LogP contribution in [0.2, 0.25) is 0 Å². The summed E-state index contributed by atoms with van der Waals surface area (Å²) in [4.78, 5) is 26.7. The number of fused-ring (bicyclic) bond motifs is 1. The zero-order valence-electron chi connectivity index (χ0n) is 20.5. The number of nitrogens with zero attached hydrogens (tertiary/aromatic N) is 1. The maximum absolute atomic E-state index is 12.8. The Bertz CT molecular complexity index is 781. The number of rotatable bonds is 11. The van der Waals surface area contributed by atoms with E-state index in [-0.39, 0.29) is 18.1 Å². The molecule has 1 saturated carbocycles. The quantitative estimate of drug-likeness (QED) is 0.506. The van der Waals surface area contributed by atoms with Crippen LogP contribution in [0.25, 0.3) is 0 Å². The fourth-order valence-corrected chi connectivity index (χ4v) is 4.37. The number of ether oxygens (including phenoxy) is 4. The van der Waals surface area contributed by atoms with Gasteiger partial charge < -0.3 is 29.2 Å². The highest BCUT2D eigenvalue weighted by Gasteiger charge is 2.57. The van der Waals surface area contributed by atoms with Crippen molar-refractivity contribution in [3.63, 3.8) is 0 Å². The fraction of sp³-hybridized carbons (Fsp3) is 0.680. The van der Waals surface area contributed by atoms with E-state index in [0.717, 1.165) is 18.7 Å². The molecular formula is C25H38N2O6. The van der Waals surface area contributed by atoms with E-state index in [4.69, 9.17) is 18.9 Å². The SMILES string of the molecule is CCOC(=O)[C@H](Cc1ccc(OCCN(C(=O)OC(C)(C)C)C2C3CNC[C@@H]32)cc1)OCC. The lowest BCUT2D eigenvalue weighted by Crippen LogP contribution is -2.43. The lowest BCUT2D eigenvalue weighted by molar-refractivity contribution is -0.156. The Morgan fingerprint density at radius 3 is 2.33 bits per heavy atom. The Labute approximate surface area is 196 Å². The first kappa shape index (κ1) is 25.3. The van der Waals surface area contributed by atoms with Crippen molar-refractivity contribution in [3.8, 4) is 5.75 Å². The largest absolute Gasteiger partial charge is 0.492 e. The summed E-state index contributed by atoms with van der Waals surface area (Å²) < 4.78 is 22.2. The topological polar surface area (TPSA) is 86.3 Å². The summed E-state index contributed by atoms with van der Waals surface area (Å²) in [7, 11) is 0. The lowest BCUT2D eigenvalue weighted by atomic mass is 10.1. The van der Waals surface area contributed by atoms with Gasteiger partial charge in [-0.1, -0.05) is 12.1 Å². The van der Waals surface area contributed by atoms with Gasteiger partial charge in [0.1, 0.15) is 18.0 Å². The standard InChI is InChI=1S/C25H38N2O6/c1-6-30-21(23(28)31-7-2)14-17-8-10-18(11-9-17)32-13-12-27(24(29)33-25(3,4)5)22-19-15-26-16-20(19)22/h8-11,19-22,26H,6-7,12-16H2,1-5H3/t19-,20?,21-,22?/m0/s1. The summed E-state index contributed by atoms with van der Waals surface area (Å²) in [6, 6.07) is 7.81. The highest BCUT2D eigenvalue weighted by atomic mass is 16.6. The van der Waals surface area contributed by atoms with Gasteiger partial charge in [0, 0.05) is 32.2 Å². The second-order valence-electron chi connectivity index (χ2n) is 9.54. The van der Waals surface area contributed by atoms with Crippen LogP contribution in [0.15, 0.2) is 24.3 Å². The van der Waals surface area contributed by atoms with E-state index >= 15 is 0 Å². The molecule has 2 aliphatic rings. The fourth-order valence-electron chi connectivity index (χ4n) is 4.37. The van der Waals surface area contributed by atoms with Gasteiger partial charge in [0.05, 0.1) is 13.2 Å². The van der Waals surface area contributed by atoms with Gasteiger partial charge in [0.2, 0.25) is 0 Å². The molecule has 8 heteroatoms. The first-order valence-corrected chi connectivity index (χ1v) is 11.9. The third-order valence-corrected chi connectivity index (χ3v) is 5.90. The van der Waals surface area contributed by atoms with Crippen molar-refractivity contribution in [2.45, 2.75) is 58.8 Å². The Balaban J connectivity index is 1.52. The number of hydrogen-bond donors (Lipinski definition) is 1. The van der Waals surface area contributed by atoms with E-state index in [9.17, 15) is 9.59 Å². The molecule has 1 aromatic rings. The van der Waals surface area contributed by atoms with Gasteiger partial charge in [0.15, 0.2) is 6.10 Å². The van der Waals surface area contributed by atoms with Crippen LogP contribution < -0.4 is 10.1 Å². The van der Waals surface area contributed by atoms with Gasteiger partial charge in [-0.25, -0.2) is 9.59 Å². The molecule has 184 valence electrons. The summed E-state index contributed by atoms with van der Waals surface area (Å²) in [6.07, 6.45) is -0.448. The summed E-state index contributed by atoms with van der Waals surface area (Å²) >= 11 is 0. The Hall–Kier alpha value is -2.32. The zero-order valence-corrected chi connectivity index (χ0v) is 20.5. The van der Waals surface area contributed by atoms with Crippen molar-refractivity contribution in [2.24, 2.45) is 11.8 Å². The molecule has 1 aliphatic heterocycles. The van der Waals surface area contributed by atoms with Crippen molar-refractivity contribution in [1.82, 2.24) is 10.2 Å². The van der Waals surface area contributed by atoms with Crippen LogP contribution in [0.4, 0.5) is 4.79 Å². The van der Waals surface area contributed by atoms with Crippen LogP contribution in [0.1, 0.15) is 40.2 Å². The first-order chi connectivity index (χ1) is 15.7. The molecule has 1 saturated heterocycles. The van der Waals surface area contributed by atoms with Crippen LogP contribution in [0, 0.1) is 11.8 Å². The summed E-state index contributed by atoms with van der Waals surface area (Å²) in [5, 5.41) is 3.37. The minimum absolute atomic E-state index is 0.227. The molecular weight excluding hydrogens is 424 g/mol. The van der Waals surface area contributed by atoms with Gasteiger partial charge >= 0.3 is 12.1 Å². The predicted molar refractivity (Wildman–Crippen MR) is 124 cm³/mol. The second kappa shape index (κ2) is 11.2. The van der Waals surface area contributed by atoms with Crippen LogP contribution in [0.3, 0.4) is 0 Å². The predicted octanol–water partition coefficient (Wildman–Crippen LogP) is 3.03. The first-order valence-electron chi connectivity index (χ1n) is 11.9. The molecule has 1 aliphatic carbocycles. The number of nitrogens with one attached hydrogen (secondary N) is 1. The van der Waals surface area contributed by atoms with Crippen molar-refractivity contribution < 1.29 is 28.5 Å². The molecule has 1 N–H and O–H groups in total. The van der Waals surface area contributed by atoms with Gasteiger partial charge in [-0.15, -0.1) is 0 Å². The van der Waals surface area contributed by atoms with Crippen LogP contribution in [0.5, 0.6) is 5.75 Å². The molecule has 0 aromatic heterocycles. The zero-order chi connectivity index (χ0) is 24.0. The number of amides is 1. The Morgan fingerprint density at radius 2 is 1.76 bits per heavy atom. The van der Waals surface area contributed by atoms with E-state index in [1.165, 1.54) is 0 Å². The van der Waals surface area contributed by atoms with Crippen LogP contribution in [-0.4, -0.2) is 74.2 Å². The molecule has 0 radical (unpaired) electrons. The van der Waals surface area contributed by atoms with Crippen molar-refractivity contribution in [2.75, 3.05) is 39.5 Å². The van der Waals surface area contributed by atoms with Gasteiger partial charge in [-0.2, -0.15) is 0 Å². The number of benzene rings is 1. The van der Waals surface area contributed by atoms with E-state index in [1.54, 1.807) is 6.92 Å². The lowest BCUT2D eigenvalue weighted by Gasteiger charge is -2.28. The van der Waals surface area contributed by atoms with E-state index in [2.05, 4.69) is 5.32 Å². The number of hydrogen-bond acceptors (Lipinski definition) is 7. The van der Waals surface area contributed by atoms with Gasteiger partial charge in [0.25, 0.3) is 0 Å². The normalized spacial score (nSPS) is 22.3. The van der Waals surface area contributed by atoms with E-state index in [1.807, 2.05) is 56.9 Å². The monoisotopic (exact) mass is 462 g/mol. The smallest absolute Gasteiger partial charge is 0.410 e. The average molecular weight is 463 g/mol. The molecule has 2 fully saturated rings. The molecule has 8 nitrogen and oxygen atoms in total. The van der Waals surface area contributed by atoms with Gasteiger partial charge in [-0.3, -0.25) is 0 Å². The van der Waals surface area contributed by atoms with Crippen molar-refractivity contribution in [3.05, 3.63) is 29.8 Å². The molecule has 4 atom stereocenters. The third-order valence-electron chi connectivity index (χ3n) is 5.90. The molecule has 1 heterocycles. The molecule has 0 bridgehead atoms. The molecule has 3 rings (SSSR count). The number of esters is 1. The molecule has 2 unspecified atom stereocenters. The van der Waals surface area contributed by atoms with Crippen LogP contribution in [-0.2, 0) is 25.4 Å². The molecule has 1 amide bonds. The summed E-state index contributed by atoms with van der Waals surface area (Å²) in [6.45, 7) is 12.8. The maximum atomic E-state index is 12.8. The number of piperidine rings is 1.